The van der Waals surface area contributed by atoms with E-state index in [-0.39, 0.29) is 0 Å². The van der Waals surface area contributed by atoms with E-state index in [1.165, 1.54) is 0 Å². The number of rotatable bonds is 12. The van der Waals surface area contributed by atoms with Crippen LogP contribution in [0.25, 0.3) is 134 Å². The fourth-order valence-corrected chi connectivity index (χ4v) is 10.5. The van der Waals surface area contributed by atoms with Gasteiger partial charge in [-0.15, -0.1) is 0 Å². The van der Waals surface area contributed by atoms with Crippen molar-refractivity contribution < 1.29 is 0 Å². The van der Waals surface area contributed by atoms with Gasteiger partial charge in [0.05, 0.1) is 22.8 Å². The maximum absolute atomic E-state index is 4.91. The first kappa shape index (κ1) is 53.5. The molecular formula is C74H52N12. The second-order valence-electron chi connectivity index (χ2n) is 20.5. The number of hydrogen-bond acceptors (Lipinski definition) is 12. The second kappa shape index (κ2) is 24.8. The lowest BCUT2D eigenvalue weighted by atomic mass is 9.94. The number of nitrogens with zero attached hydrogens (tertiary/aromatic N) is 12. The van der Waals surface area contributed by atoms with Crippen molar-refractivity contribution in [3.05, 3.63) is 293 Å². The summed E-state index contributed by atoms with van der Waals surface area (Å²) in [6.45, 7) is 3.89. The largest absolute Gasteiger partial charge is 0.265 e. The summed E-state index contributed by atoms with van der Waals surface area (Å²) in [4.78, 5) is 53.6. The molecule has 408 valence electrons. The number of hydrogen-bond donors (Lipinski definition) is 0. The van der Waals surface area contributed by atoms with Gasteiger partial charge in [-0.2, -0.15) is 0 Å². The second-order valence-corrected chi connectivity index (χ2v) is 20.5. The van der Waals surface area contributed by atoms with E-state index in [1.54, 1.807) is 12.4 Å². The standard InChI is InChI=1S/2C37H26N6/c1-25-42-36(34-20-30(26-2-10-38-11-3-26)18-31(21-34)27-4-12-39-13-5-27)24-37(43-25)35-22-32(28-6-14-40-15-7-28)19-33(23-35)29-8-16-41-17-9-29;1-25-42-36(34-18-30(26-6-12-38-13-7-26)16-32(20-34)28-4-2-10-40-23-28)22-37(43-25)35-19-31(27-8-14-39-15-9-27)17-33(21-35)29-5-3-11-41-24-29/h2*2-24H,1H3. The Hall–Kier alpha value is -11.8. The third-order valence-electron chi connectivity index (χ3n) is 14.7. The van der Waals surface area contributed by atoms with Crippen molar-refractivity contribution in [1.82, 2.24) is 59.8 Å². The molecule has 0 radical (unpaired) electrons. The van der Waals surface area contributed by atoms with Gasteiger partial charge in [-0.25, -0.2) is 19.9 Å². The van der Waals surface area contributed by atoms with Crippen molar-refractivity contribution in [2.75, 3.05) is 0 Å². The molecule has 0 spiro atoms. The molecular weight excluding hydrogens is 1060 g/mol. The Balaban J connectivity index is 0.000000160. The molecule has 0 aliphatic heterocycles. The molecule has 0 saturated heterocycles. The molecule has 0 amide bonds. The molecule has 14 rings (SSSR count). The lowest BCUT2D eigenvalue weighted by molar-refractivity contribution is 1.06. The molecule has 12 nitrogen and oxygen atoms in total. The Labute approximate surface area is 498 Å². The SMILES string of the molecule is Cc1nc(-c2cc(-c3ccncc3)cc(-c3cccnc3)c2)cc(-c2cc(-c3ccncc3)cc(-c3cccnc3)c2)n1.Cc1nc(-c2cc(-c3ccncc3)cc(-c3ccncc3)c2)cc(-c2cc(-c3ccncc3)cc(-c3ccncc3)c2)n1. The van der Waals surface area contributed by atoms with Gasteiger partial charge in [-0.05, 0) is 262 Å². The molecule has 10 heterocycles. The van der Waals surface area contributed by atoms with Gasteiger partial charge in [0.15, 0.2) is 0 Å². The van der Waals surface area contributed by atoms with E-state index in [9.17, 15) is 0 Å². The van der Waals surface area contributed by atoms with Crippen LogP contribution < -0.4 is 0 Å². The van der Waals surface area contributed by atoms with Crippen molar-refractivity contribution in [3.63, 3.8) is 0 Å². The number of aromatic nitrogens is 12. The molecule has 0 unspecified atom stereocenters. The zero-order valence-electron chi connectivity index (χ0n) is 46.9. The molecule has 0 aliphatic rings. The van der Waals surface area contributed by atoms with Gasteiger partial charge < -0.3 is 0 Å². The van der Waals surface area contributed by atoms with Gasteiger partial charge in [0.2, 0.25) is 0 Å². The topological polar surface area (TPSA) is 155 Å². The molecule has 4 aromatic carbocycles. The van der Waals surface area contributed by atoms with Gasteiger partial charge >= 0.3 is 0 Å². The highest BCUT2D eigenvalue weighted by Crippen LogP contribution is 2.39. The van der Waals surface area contributed by atoms with Crippen LogP contribution in [0.5, 0.6) is 0 Å². The Morgan fingerprint density at radius 2 is 0.372 bits per heavy atom. The maximum atomic E-state index is 4.91. The van der Waals surface area contributed by atoms with E-state index in [4.69, 9.17) is 19.9 Å². The van der Waals surface area contributed by atoms with Crippen LogP contribution in [0, 0.1) is 13.8 Å². The van der Waals surface area contributed by atoms with Crippen LogP contribution in [0.4, 0.5) is 0 Å². The molecule has 0 aliphatic carbocycles. The Morgan fingerprint density at radius 3 is 0.570 bits per heavy atom. The minimum atomic E-state index is 0.696. The fraction of sp³-hybridized carbons (Fsp3) is 0.0270. The summed E-state index contributed by atoms with van der Waals surface area (Å²) >= 11 is 0. The molecule has 12 heteroatoms. The predicted octanol–water partition coefficient (Wildman–Crippen LogP) is 16.7. The molecule has 0 bridgehead atoms. The molecule has 0 fully saturated rings. The summed E-state index contributed by atoms with van der Waals surface area (Å²) in [6, 6.07) is 62.7. The third-order valence-corrected chi connectivity index (χ3v) is 14.7. The van der Waals surface area contributed by atoms with Crippen LogP contribution in [0.2, 0.25) is 0 Å². The van der Waals surface area contributed by atoms with Crippen molar-refractivity contribution in [3.8, 4) is 134 Å². The van der Waals surface area contributed by atoms with Gasteiger partial charge in [-0.1, -0.05) is 12.1 Å². The summed E-state index contributed by atoms with van der Waals surface area (Å²) in [5.74, 6) is 1.40. The number of benzene rings is 4. The van der Waals surface area contributed by atoms with E-state index < -0.39 is 0 Å². The zero-order chi connectivity index (χ0) is 58.0. The number of pyridine rings is 8. The van der Waals surface area contributed by atoms with Crippen LogP contribution in [-0.4, -0.2) is 59.8 Å². The Bertz CT molecular complexity index is 3800. The summed E-state index contributed by atoms with van der Waals surface area (Å²) in [5.41, 5.74) is 24.6. The van der Waals surface area contributed by atoms with E-state index in [1.807, 2.05) is 186 Å². The normalized spacial score (nSPS) is 10.9. The van der Waals surface area contributed by atoms with Gasteiger partial charge in [0.1, 0.15) is 11.6 Å². The highest BCUT2D eigenvalue weighted by atomic mass is 14.9. The summed E-state index contributed by atoms with van der Waals surface area (Å²) in [7, 11) is 0. The Morgan fingerprint density at radius 1 is 0.174 bits per heavy atom. The average Bonchev–Trinajstić information content (AvgIpc) is 1.96. The van der Waals surface area contributed by atoms with Crippen LogP contribution in [0.15, 0.2) is 281 Å². The van der Waals surface area contributed by atoms with E-state index in [2.05, 4.69) is 137 Å². The summed E-state index contributed by atoms with van der Waals surface area (Å²) in [5, 5.41) is 0. The third kappa shape index (κ3) is 12.4. The van der Waals surface area contributed by atoms with Crippen molar-refractivity contribution in [1.29, 1.82) is 0 Å². The molecule has 0 saturated carbocycles. The minimum Gasteiger partial charge on any atom is -0.265 e. The van der Waals surface area contributed by atoms with E-state index in [0.717, 1.165) is 134 Å². The molecule has 86 heavy (non-hydrogen) atoms. The summed E-state index contributed by atoms with van der Waals surface area (Å²) in [6.07, 6.45) is 29.1. The summed E-state index contributed by atoms with van der Waals surface area (Å²) < 4.78 is 0. The molecule has 0 N–H and O–H groups in total. The smallest absolute Gasteiger partial charge is 0.126 e. The predicted molar refractivity (Wildman–Crippen MR) is 341 cm³/mol. The zero-order valence-corrected chi connectivity index (χ0v) is 46.9. The van der Waals surface area contributed by atoms with Crippen LogP contribution in [-0.2, 0) is 0 Å². The lowest BCUT2D eigenvalue weighted by Gasteiger charge is -2.13. The first-order valence-electron chi connectivity index (χ1n) is 28.0. The van der Waals surface area contributed by atoms with Crippen LogP contribution in [0.3, 0.4) is 0 Å². The first-order valence-corrected chi connectivity index (χ1v) is 28.0. The van der Waals surface area contributed by atoms with Crippen molar-refractivity contribution >= 4 is 0 Å². The maximum Gasteiger partial charge on any atom is 0.126 e. The Kier molecular flexibility index (Phi) is 15.4. The molecule has 14 aromatic rings. The first-order chi connectivity index (χ1) is 42.4. The van der Waals surface area contributed by atoms with Crippen molar-refractivity contribution in [2.24, 2.45) is 0 Å². The van der Waals surface area contributed by atoms with E-state index >= 15 is 0 Å². The van der Waals surface area contributed by atoms with Gasteiger partial charge in [-0.3, -0.25) is 39.9 Å². The number of aryl methyl sites for hydroxylation is 2. The van der Waals surface area contributed by atoms with Crippen LogP contribution in [0.1, 0.15) is 11.6 Å². The van der Waals surface area contributed by atoms with Gasteiger partial charge in [0, 0.05) is 133 Å². The average molecular weight is 1110 g/mol. The van der Waals surface area contributed by atoms with E-state index in [0.29, 0.717) is 11.6 Å². The highest BCUT2D eigenvalue weighted by molar-refractivity contribution is 5.86. The van der Waals surface area contributed by atoms with Gasteiger partial charge in [0.25, 0.3) is 0 Å². The quantitative estimate of drug-likeness (QED) is 0.114. The fourth-order valence-electron chi connectivity index (χ4n) is 10.5. The van der Waals surface area contributed by atoms with Crippen LogP contribution >= 0.6 is 0 Å². The molecule has 0 atom stereocenters. The van der Waals surface area contributed by atoms with Crippen molar-refractivity contribution in [2.45, 2.75) is 13.8 Å². The lowest BCUT2D eigenvalue weighted by Crippen LogP contribution is -1.96. The molecule has 10 aromatic heterocycles. The highest BCUT2D eigenvalue weighted by Gasteiger charge is 2.17. The monoisotopic (exact) mass is 1110 g/mol. The minimum absolute atomic E-state index is 0.696.